The van der Waals surface area contributed by atoms with Crippen LogP contribution < -0.4 is 5.73 Å². The molecule has 6 N–H and O–H groups in total. The summed E-state index contributed by atoms with van der Waals surface area (Å²) in [5, 5.41) is 39.1. The highest BCUT2D eigenvalue weighted by atomic mass is 16.6. The molecule has 1 aliphatic rings. The maximum Gasteiger partial charge on any atom is 0.178 e. The minimum absolute atomic E-state index is 0.0307. The van der Waals surface area contributed by atoms with Crippen LogP contribution in [-0.2, 0) is 10.5 Å². The van der Waals surface area contributed by atoms with Crippen LogP contribution in [-0.4, -0.2) is 71.5 Å². The largest absolute Gasteiger partial charge is 0.396 e. The summed E-state index contributed by atoms with van der Waals surface area (Å²) in [5.41, 5.74) is 4.84. The van der Waals surface area contributed by atoms with Crippen molar-refractivity contribution >= 4 is 17.0 Å². The van der Waals surface area contributed by atoms with Gasteiger partial charge in [-0.05, 0) is 0 Å². The Kier molecular flexibility index (Phi) is 3.70. The first-order chi connectivity index (χ1) is 10.5. The molecule has 10 nitrogen and oxygen atoms in total. The van der Waals surface area contributed by atoms with Gasteiger partial charge in [0.25, 0.3) is 0 Å². The standard InChI is InChI=1S/C12H17N5O5/c13-10-7-11(15-4-14-10)17(5-16-7)12(1-2-18)9(21)8(20)6(3-19)22-12/h4-6,8-9,18-21H,1-3H2,(H2,13,14,15)/t6-,8-,9-,12-/m1/s1. The summed E-state index contributed by atoms with van der Waals surface area (Å²) < 4.78 is 7.07. The Morgan fingerprint density at radius 1 is 1.27 bits per heavy atom. The Labute approximate surface area is 124 Å². The lowest BCUT2D eigenvalue weighted by atomic mass is 9.99. The molecule has 1 aliphatic heterocycles. The van der Waals surface area contributed by atoms with E-state index in [1.807, 2.05) is 0 Å². The molecule has 120 valence electrons. The van der Waals surface area contributed by atoms with Crippen molar-refractivity contribution in [2.24, 2.45) is 0 Å². The summed E-state index contributed by atoms with van der Waals surface area (Å²) in [4.78, 5) is 12.0. The van der Waals surface area contributed by atoms with Crippen LogP contribution in [0.4, 0.5) is 5.82 Å². The van der Waals surface area contributed by atoms with Gasteiger partial charge >= 0.3 is 0 Å². The van der Waals surface area contributed by atoms with Gasteiger partial charge in [-0.25, -0.2) is 15.0 Å². The first-order valence-electron chi connectivity index (χ1n) is 6.75. The molecule has 0 saturated carbocycles. The average Bonchev–Trinajstić information content (AvgIpc) is 3.04. The number of imidazole rings is 1. The number of rotatable bonds is 4. The monoisotopic (exact) mass is 311 g/mol. The number of ether oxygens (including phenoxy) is 1. The molecule has 0 amide bonds. The highest BCUT2D eigenvalue weighted by Gasteiger charge is 2.55. The van der Waals surface area contributed by atoms with E-state index in [9.17, 15) is 20.4 Å². The third-order valence-corrected chi connectivity index (χ3v) is 3.94. The van der Waals surface area contributed by atoms with Gasteiger partial charge in [0.15, 0.2) is 17.2 Å². The molecule has 0 bridgehead atoms. The molecule has 0 aliphatic carbocycles. The number of hydrogen-bond donors (Lipinski definition) is 5. The molecule has 22 heavy (non-hydrogen) atoms. The summed E-state index contributed by atoms with van der Waals surface area (Å²) in [6.45, 7) is -0.794. The van der Waals surface area contributed by atoms with Crippen molar-refractivity contribution in [3.63, 3.8) is 0 Å². The minimum atomic E-state index is -1.50. The van der Waals surface area contributed by atoms with Crippen LogP contribution in [0.1, 0.15) is 6.42 Å². The van der Waals surface area contributed by atoms with E-state index in [1.165, 1.54) is 17.2 Å². The van der Waals surface area contributed by atoms with Crippen LogP contribution in [0.3, 0.4) is 0 Å². The number of nitrogens with two attached hydrogens (primary N) is 1. The molecule has 2 aromatic rings. The summed E-state index contributed by atoms with van der Waals surface area (Å²) in [6.07, 6.45) is -1.13. The van der Waals surface area contributed by atoms with Crippen LogP contribution in [0.5, 0.6) is 0 Å². The number of aliphatic hydroxyl groups is 4. The Balaban J connectivity index is 2.17. The van der Waals surface area contributed by atoms with Crippen molar-refractivity contribution in [2.45, 2.75) is 30.5 Å². The molecule has 3 heterocycles. The van der Waals surface area contributed by atoms with E-state index in [4.69, 9.17) is 10.5 Å². The summed E-state index contributed by atoms with van der Waals surface area (Å²) >= 11 is 0. The second kappa shape index (κ2) is 5.41. The number of nitrogens with zero attached hydrogens (tertiary/aromatic N) is 4. The average molecular weight is 311 g/mol. The molecule has 0 unspecified atom stereocenters. The fourth-order valence-electron chi connectivity index (χ4n) is 2.83. The molecule has 0 aromatic carbocycles. The molecule has 4 atom stereocenters. The molecule has 3 rings (SSSR count). The molecular formula is C12H17N5O5. The zero-order valence-electron chi connectivity index (χ0n) is 11.6. The Morgan fingerprint density at radius 3 is 2.68 bits per heavy atom. The predicted octanol–water partition coefficient (Wildman–Crippen LogP) is -2.44. The van der Waals surface area contributed by atoms with E-state index in [-0.39, 0.29) is 18.8 Å². The van der Waals surface area contributed by atoms with Gasteiger partial charge in [-0.1, -0.05) is 0 Å². The molecule has 2 aromatic heterocycles. The third kappa shape index (κ3) is 1.96. The second-order valence-corrected chi connectivity index (χ2v) is 5.14. The van der Waals surface area contributed by atoms with Gasteiger partial charge in [-0.3, -0.25) is 4.57 Å². The molecule has 0 spiro atoms. The normalized spacial score (nSPS) is 31.9. The van der Waals surface area contributed by atoms with Gasteiger partial charge in [0.2, 0.25) is 0 Å². The highest BCUT2D eigenvalue weighted by Crippen LogP contribution is 2.40. The van der Waals surface area contributed by atoms with E-state index in [0.29, 0.717) is 11.2 Å². The lowest BCUT2D eigenvalue weighted by Gasteiger charge is -2.33. The Morgan fingerprint density at radius 2 is 2.05 bits per heavy atom. The second-order valence-electron chi connectivity index (χ2n) is 5.14. The van der Waals surface area contributed by atoms with Crippen LogP contribution in [0, 0.1) is 0 Å². The van der Waals surface area contributed by atoms with Crippen molar-refractivity contribution in [2.75, 3.05) is 18.9 Å². The maximum atomic E-state index is 10.4. The number of aliphatic hydroxyl groups excluding tert-OH is 4. The van der Waals surface area contributed by atoms with E-state index in [2.05, 4.69) is 15.0 Å². The predicted molar refractivity (Wildman–Crippen MR) is 73.4 cm³/mol. The molecule has 1 saturated heterocycles. The van der Waals surface area contributed by atoms with Crippen molar-refractivity contribution in [3.8, 4) is 0 Å². The smallest absolute Gasteiger partial charge is 0.178 e. The van der Waals surface area contributed by atoms with Gasteiger partial charge in [-0.2, -0.15) is 0 Å². The Bertz CT molecular complexity index is 679. The third-order valence-electron chi connectivity index (χ3n) is 3.94. The molecule has 1 fully saturated rings. The first-order valence-corrected chi connectivity index (χ1v) is 6.75. The summed E-state index contributed by atoms with van der Waals surface area (Å²) in [7, 11) is 0. The fourth-order valence-corrected chi connectivity index (χ4v) is 2.83. The zero-order valence-corrected chi connectivity index (χ0v) is 11.6. The lowest BCUT2D eigenvalue weighted by molar-refractivity contribution is -0.155. The van der Waals surface area contributed by atoms with E-state index in [1.54, 1.807) is 0 Å². The number of anilines is 1. The highest BCUT2D eigenvalue weighted by molar-refractivity contribution is 5.81. The Hall–Kier alpha value is -1.85. The van der Waals surface area contributed by atoms with Gasteiger partial charge in [0, 0.05) is 13.0 Å². The quantitative estimate of drug-likeness (QED) is 0.413. The van der Waals surface area contributed by atoms with Crippen LogP contribution in [0.2, 0.25) is 0 Å². The van der Waals surface area contributed by atoms with Crippen LogP contribution >= 0.6 is 0 Å². The van der Waals surface area contributed by atoms with Crippen molar-refractivity contribution < 1.29 is 25.2 Å². The van der Waals surface area contributed by atoms with Gasteiger partial charge in [0.1, 0.15) is 30.2 Å². The fraction of sp³-hybridized carbons (Fsp3) is 0.583. The minimum Gasteiger partial charge on any atom is -0.396 e. The maximum absolute atomic E-state index is 10.4. The van der Waals surface area contributed by atoms with Crippen molar-refractivity contribution in [3.05, 3.63) is 12.7 Å². The first kappa shape index (κ1) is 15.1. The van der Waals surface area contributed by atoms with Gasteiger partial charge < -0.3 is 30.9 Å². The summed E-state index contributed by atoms with van der Waals surface area (Å²) in [6, 6.07) is 0. The van der Waals surface area contributed by atoms with E-state index in [0.717, 1.165) is 0 Å². The number of hydrogen-bond acceptors (Lipinski definition) is 9. The summed E-state index contributed by atoms with van der Waals surface area (Å²) in [5.74, 6) is 0.162. The van der Waals surface area contributed by atoms with Gasteiger partial charge in [0.05, 0.1) is 12.9 Å². The number of nitrogen functional groups attached to an aromatic ring is 1. The SMILES string of the molecule is Nc1ncnc2c1ncn2[C@]1(CCO)O[C@H](CO)[C@@H](O)[C@H]1O. The van der Waals surface area contributed by atoms with Gasteiger partial charge in [-0.15, -0.1) is 0 Å². The number of aromatic nitrogens is 4. The molecular weight excluding hydrogens is 294 g/mol. The zero-order chi connectivity index (χ0) is 15.9. The molecule has 10 heteroatoms. The van der Waals surface area contributed by atoms with Crippen molar-refractivity contribution in [1.29, 1.82) is 0 Å². The van der Waals surface area contributed by atoms with E-state index < -0.39 is 30.6 Å². The lowest BCUT2D eigenvalue weighted by Crippen LogP contribution is -2.46. The topological polar surface area (TPSA) is 160 Å². The van der Waals surface area contributed by atoms with Crippen molar-refractivity contribution in [1.82, 2.24) is 19.5 Å². The van der Waals surface area contributed by atoms with E-state index >= 15 is 0 Å². The molecule has 0 radical (unpaired) electrons. The van der Waals surface area contributed by atoms with Crippen LogP contribution in [0.15, 0.2) is 12.7 Å². The van der Waals surface area contributed by atoms with Crippen LogP contribution in [0.25, 0.3) is 11.2 Å². The number of fused-ring (bicyclic) bond motifs is 1.